The van der Waals surface area contributed by atoms with Crippen molar-refractivity contribution in [3.63, 3.8) is 0 Å². The van der Waals surface area contributed by atoms with Gasteiger partial charge in [-0.1, -0.05) is 15.9 Å². The number of benzene rings is 2. The van der Waals surface area contributed by atoms with Crippen LogP contribution in [0.15, 0.2) is 53.3 Å². The zero-order valence-corrected chi connectivity index (χ0v) is 12.5. The molecule has 0 aliphatic carbocycles. The van der Waals surface area contributed by atoms with E-state index in [2.05, 4.69) is 31.2 Å². The molecule has 1 amide bonds. The van der Waals surface area contributed by atoms with Crippen molar-refractivity contribution in [3.8, 4) is 0 Å². The summed E-state index contributed by atoms with van der Waals surface area (Å²) in [6, 6.07) is 10.5. The normalized spacial score (nSPS) is 10.5. The summed E-state index contributed by atoms with van der Waals surface area (Å²) in [6.07, 6.45) is 3.24. The molecule has 1 aromatic heterocycles. The van der Waals surface area contributed by atoms with Crippen molar-refractivity contribution < 1.29 is 4.79 Å². The summed E-state index contributed by atoms with van der Waals surface area (Å²) in [5, 5.41) is 2.82. The van der Waals surface area contributed by atoms with Gasteiger partial charge in [0.05, 0.1) is 11.0 Å². The molecular formula is C15H11BrN4O. The largest absolute Gasteiger partial charge is 0.399 e. The second-order valence-corrected chi connectivity index (χ2v) is 5.40. The smallest absolute Gasteiger partial charge is 0.255 e. The fourth-order valence-electron chi connectivity index (χ4n) is 1.99. The Bertz CT molecular complexity index is 815. The molecule has 0 saturated carbocycles. The van der Waals surface area contributed by atoms with E-state index in [0.717, 1.165) is 15.5 Å². The van der Waals surface area contributed by atoms with Crippen LogP contribution in [0, 0.1) is 0 Å². The number of carbonyl (C=O) groups excluding carboxylic acids is 1. The van der Waals surface area contributed by atoms with Crippen LogP contribution in [0.25, 0.3) is 11.0 Å². The molecule has 0 aliphatic heterocycles. The van der Waals surface area contributed by atoms with Gasteiger partial charge in [0.25, 0.3) is 5.91 Å². The Morgan fingerprint density at radius 2 is 1.81 bits per heavy atom. The van der Waals surface area contributed by atoms with Crippen LogP contribution in [-0.2, 0) is 0 Å². The third-order valence-corrected chi connectivity index (χ3v) is 3.37. The zero-order valence-electron chi connectivity index (χ0n) is 10.9. The molecule has 1 heterocycles. The number of carbonyl (C=O) groups is 1. The fraction of sp³-hybridized carbons (Fsp3) is 0. The van der Waals surface area contributed by atoms with E-state index >= 15 is 0 Å². The number of nitrogen functional groups attached to an aromatic ring is 1. The summed E-state index contributed by atoms with van der Waals surface area (Å²) >= 11 is 3.32. The van der Waals surface area contributed by atoms with E-state index < -0.39 is 0 Å². The second kappa shape index (κ2) is 5.49. The predicted octanol–water partition coefficient (Wildman–Crippen LogP) is 3.23. The lowest BCUT2D eigenvalue weighted by Gasteiger charge is -2.07. The van der Waals surface area contributed by atoms with E-state index in [-0.39, 0.29) is 5.91 Å². The molecule has 0 fully saturated rings. The molecule has 104 valence electrons. The number of anilines is 2. The van der Waals surface area contributed by atoms with Gasteiger partial charge in [-0.15, -0.1) is 0 Å². The van der Waals surface area contributed by atoms with E-state index in [4.69, 9.17) is 5.73 Å². The van der Waals surface area contributed by atoms with Crippen molar-refractivity contribution in [2.45, 2.75) is 0 Å². The van der Waals surface area contributed by atoms with Crippen LogP contribution in [-0.4, -0.2) is 15.9 Å². The minimum Gasteiger partial charge on any atom is -0.399 e. The zero-order chi connectivity index (χ0) is 14.8. The topological polar surface area (TPSA) is 80.9 Å². The van der Waals surface area contributed by atoms with Gasteiger partial charge in [0.15, 0.2) is 0 Å². The van der Waals surface area contributed by atoms with Crippen LogP contribution in [0.1, 0.15) is 10.4 Å². The van der Waals surface area contributed by atoms with Gasteiger partial charge in [-0.2, -0.15) is 0 Å². The highest BCUT2D eigenvalue weighted by atomic mass is 79.9. The average Bonchev–Trinajstić information content (AvgIpc) is 2.46. The van der Waals surface area contributed by atoms with Crippen LogP contribution in [0.5, 0.6) is 0 Å². The van der Waals surface area contributed by atoms with Gasteiger partial charge in [-0.25, -0.2) is 0 Å². The van der Waals surface area contributed by atoms with Gasteiger partial charge >= 0.3 is 0 Å². The van der Waals surface area contributed by atoms with E-state index in [1.807, 2.05) is 6.07 Å². The van der Waals surface area contributed by atoms with E-state index in [1.54, 1.807) is 42.7 Å². The first-order chi connectivity index (χ1) is 10.1. The molecule has 0 aliphatic rings. The van der Waals surface area contributed by atoms with Gasteiger partial charge in [0, 0.05) is 33.8 Å². The average molecular weight is 343 g/mol. The Morgan fingerprint density at radius 1 is 1.05 bits per heavy atom. The third-order valence-electron chi connectivity index (χ3n) is 2.91. The number of hydrogen-bond acceptors (Lipinski definition) is 4. The molecule has 0 saturated heterocycles. The molecule has 5 nitrogen and oxygen atoms in total. The minimum absolute atomic E-state index is 0.230. The molecule has 0 unspecified atom stereocenters. The summed E-state index contributed by atoms with van der Waals surface area (Å²) in [4.78, 5) is 20.6. The predicted molar refractivity (Wildman–Crippen MR) is 86.0 cm³/mol. The Labute approximate surface area is 129 Å². The van der Waals surface area contributed by atoms with E-state index in [0.29, 0.717) is 16.9 Å². The Morgan fingerprint density at radius 3 is 2.57 bits per heavy atom. The molecule has 0 atom stereocenters. The van der Waals surface area contributed by atoms with Crippen molar-refractivity contribution in [1.29, 1.82) is 0 Å². The van der Waals surface area contributed by atoms with Crippen LogP contribution >= 0.6 is 15.9 Å². The van der Waals surface area contributed by atoms with Crippen LogP contribution in [0.2, 0.25) is 0 Å². The van der Waals surface area contributed by atoms with E-state index in [9.17, 15) is 4.79 Å². The number of aromatic nitrogens is 2. The monoisotopic (exact) mass is 342 g/mol. The molecule has 2 aromatic carbocycles. The van der Waals surface area contributed by atoms with Crippen molar-refractivity contribution >= 4 is 44.2 Å². The lowest BCUT2D eigenvalue weighted by molar-refractivity contribution is 0.102. The lowest BCUT2D eigenvalue weighted by atomic mass is 10.2. The van der Waals surface area contributed by atoms with Gasteiger partial charge in [-0.3, -0.25) is 14.8 Å². The van der Waals surface area contributed by atoms with Crippen molar-refractivity contribution in [3.05, 3.63) is 58.8 Å². The molecule has 3 rings (SSSR count). The SMILES string of the molecule is Nc1cc(Br)cc(C(=O)Nc2ccc3nccnc3c2)c1. The number of rotatable bonds is 2. The number of nitrogens with two attached hydrogens (primary N) is 1. The van der Waals surface area contributed by atoms with E-state index in [1.165, 1.54) is 0 Å². The number of nitrogens with one attached hydrogen (secondary N) is 1. The standard InChI is InChI=1S/C15H11BrN4O/c16-10-5-9(6-11(17)7-10)15(21)20-12-1-2-13-14(8-12)19-4-3-18-13/h1-8H,17H2,(H,20,21). The summed E-state index contributed by atoms with van der Waals surface area (Å²) in [5.41, 5.74) is 8.92. The van der Waals surface area contributed by atoms with Crippen molar-refractivity contribution in [1.82, 2.24) is 9.97 Å². The van der Waals surface area contributed by atoms with Crippen LogP contribution in [0.4, 0.5) is 11.4 Å². The van der Waals surface area contributed by atoms with Gasteiger partial charge < -0.3 is 11.1 Å². The van der Waals surface area contributed by atoms with Crippen molar-refractivity contribution in [2.75, 3.05) is 11.1 Å². The Kier molecular flexibility index (Phi) is 3.53. The number of nitrogens with zero attached hydrogens (tertiary/aromatic N) is 2. The van der Waals surface area contributed by atoms with Crippen LogP contribution < -0.4 is 11.1 Å². The third kappa shape index (κ3) is 3.00. The molecule has 3 N–H and O–H groups in total. The van der Waals surface area contributed by atoms with Crippen LogP contribution in [0.3, 0.4) is 0 Å². The highest BCUT2D eigenvalue weighted by molar-refractivity contribution is 9.10. The van der Waals surface area contributed by atoms with Gasteiger partial charge in [-0.05, 0) is 36.4 Å². The number of amides is 1. The maximum atomic E-state index is 12.2. The summed E-state index contributed by atoms with van der Waals surface area (Å²) in [7, 11) is 0. The molecular weight excluding hydrogens is 332 g/mol. The summed E-state index contributed by atoms with van der Waals surface area (Å²) in [6.45, 7) is 0. The minimum atomic E-state index is -0.230. The Balaban J connectivity index is 1.88. The van der Waals surface area contributed by atoms with Gasteiger partial charge in [0.2, 0.25) is 0 Å². The first kappa shape index (κ1) is 13.5. The lowest BCUT2D eigenvalue weighted by Crippen LogP contribution is -2.12. The highest BCUT2D eigenvalue weighted by Crippen LogP contribution is 2.20. The molecule has 6 heteroatoms. The van der Waals surface area contributed by atoms with Gasteiger partial charge in [0.1, 0.15) is 0 Å². The first-order valence-corrected chi connectivity index (χ1v) is 6.99. The second-order valence-electron chi connectivity index (χ2n) is 4.49. The maximum absolute atomic E-state index is 12.2. The summed E-state index contributed by atoms with van der Waals surface area (Å²) in [5.74, 6) is -0.230. The molecule has 0 spiro atoms. The number of hydrogen-bond donors (Lipinski definition) is 2. The summed E-state index contributed by atoms with van der Waals surface area (Å²) < 4.78 is 0.761. The Hall–Kier alpha value is -2.47. The maximum Gasteiger partial charge on any atom is 0.255 e. The molecule has 21 heavy (non-hydrogen) atoms. The quantitative estimate of drug-likeness (QED) is 0.700. The van der Waals surface area contributed by atoms with Crippen molar-refractivity contribution in [2.24, 2.45) is 0 Å². The molecule has 0 radical (unpaired) electrons. The molecule has 0 bridgehead atoms. The number of fused-ring (bicyclic) bond motifs is 1. The first-order valence-electron chi connectivity index (χ1n) is 6.20. The fourth-order valence-corrected chi connectivity index (χ4v) is 2.50. The number of halogens is 1. The molecule has 3 aromatic rings. The highest BCUT2D eigenvalue weighted by Gasteiger charge is 2.08.